The highest BCUT2D eigenvalue weighted by Crippen LogP contribution is 2.52. The fourth-order valence-electron chi connectivity index (χ4n) is 6.87. The molecule has 0 aromatic carbocycles. The van der Waals surface area contributed by atoms with Gasteiger partial charge in [0.2, 0.25) is 0 Å². The lowest BCUT2D eigenvalue weighted by Crippen LogP contribution is -1.85. The normalized spacial score (nSPS) is 11.8. The summed E-state index contributed by atoms with van der Waals surface area (Å²) in [6.07, 6.45) is 12.7. The lowest BCUT2D eigenvalue weighted by Gasteiger charge is -2.02. The Kier molecular flexibility index (Phi) is 12.2. The largest absolute Gasteiger partial charge is 0.288 e. The van der Waals surface area contributed by atoms with Gasteiger partial charge in [-0.1, -0.05) is 75.0 Å². The van der Waals surface area contributed by atoms with Crippen LogP contribution in [0.5, 0.6) is 0 Å². The van der Waals surface area contributed by atoms with Crippen LogP contribution < -0.4 is 4.06 Å². The summed E-state index contributed by atoms with van der Waals surface area (Å²) in [5.41, 5.74) is 3.03. The molecule has 0 atom stereocenters. The van der Waals surface area contributed by atoms with Gasteiger partial charge in [-0.2, -0.15) is 0 Å². The Hall–Kier alpha value is -1.99. The summed E-state index contributed by atoms with van der Waals surface area (Å²) in [4.78, 5) is 31.6. The van der Waals surface area contributed by atoms with Crippen LogP contribution in [0.25, 0.3) is 67.9 Å². The van der Waals surface area contributed by atoms with E-state index in [1.807, 2.05) is 79.4 Å². The highest BCUT2D eigenvalue weighted by atomic mass is 32.2. The van der Waals surface area contributed by atoms with E-state index >= 15 is 0 Å². The van der Waals surface area contributed by atoms with Gasteiger partial charge in [-0.05, 0) is 111 Å². The molecule has 0 saturated heterocycles. The third kappa shape index (κ3) is 8.28. The van der Waals surface area contributed by atoms with Crippen molar-refractivity contribution in [3.05, 3.63) is 90.4 Å². The number of unbranched alkanes of at least 4 members (excludes halogenated alkanes) is 6. The van der Waals surface area contributed by atoms with Crippen molar-refractivity contribution in [3.8, 4) is 58.5 Å². The first kappa shape index (κ1) is 37.9. The number of hydrogen-bond donors (Lipinski definition) is 0. The monoisotopic (exact) mass is 862 g/mol. The maximum Gasteiger partial charge on any atom is 0.288 e. The van der Waals surface area contributed by atoms with E-state index in [0.29, 0.717) is 0 Å². The van der Waals surface area contributed by atoms with Crippen molar-refractivity contribution in [1.82, 2.24) is 0 Å². The van der Waals surface area contributed by atoms with Gasteiger partial charge < -0.3 is 0 Å². The Morgan fingerprint density at radius 2 is 0.755 bits per heavy atom. The molecule has 10 heteroatoms. The molecule has 0 aliphatic carbocycles. The van der Waals surface area contributed by atoms with Crippen molar-refractivity contribution in [2.24, 2.45) is 0 Å². The lowest BCUT2D eigenvalue weighted by atomic mass is 10.1. The summed E-state index contributed by atoms with van der Waals surface area (Å²) in [5, 5.41) is 0. The molecule has 0 aliphatic rings. The Morgan fingerprint density at radius 3 is 1.13 bits per heavy atom. The van der Waals surface area contributed by atoms with Crippen molar-refractivity contribution in [2.45, 2.75) is 91.9 Å². The van der Waals surface area contributed by atoms with Crippen LogP contribution in [0.2, 0.25) is 0 Å². The zero-order valence-electron chi connectivity index (χ0n) is 30.4. The smallest absolute Gasteiger partial charge is 0.265 e. The maximum atomic E-state index is 12.9. The van der Waals surface area contributed by atoms with E-state index in [4.69, 9.17) is 0 Å². The molecule has 8 aromatic rings. The number of aryl methyl sites for hydroxylation is 4. The van der Waals surface area contributed by atoms with Crippen molar-refractivity contribution in [1.29, 1.82) is 0 Å². The summed E-state index contributed by atoms with van der Waals surface area (Å²) in [6, 6.07) is 23.2. The van der Waals surface area contributed by atoms with Crippen molar-refractivity contribution < 1.29 is 0 Å². The predicted molar refractivity (Wildman–Crippen MR) is 249 cm³/mol. The molecule has 1 nitrogen and oxygen atoms in total. The van der Waals surface area contributed by atoms with Crippen molar-refractivity contribution in [2.75, 3.05) is 0 Å². The number of hydrogen-bond acceptors (Lipinski definition) is 10. The van der Waals surface area contributed by atoms with E-state index in [1.54, 1.807) is 0 Å². The molecule has 0 radical (unpaired) electrons. The quantitative estimate of drug-likeness (QED) is 0.0885. The van der Waals surface area contributed by atoms with Gasteiger partial charge in [-0.15, -0.1) is 79.4 Å². The second kappa shape index (κ2) is 17.0. The van der Waals surface area contributed by atoms with Crippen LogP contribution in [0.15, 0.2) is 65.5 Å². The third-order valence-electron chi connectivity index (χ3n) is 9.46. The van der Waals surface area contributed by atoms with E-state index in [1.165, 1.54) is 166 Å². The van der Waals surface area contributed by atoms with Crippen LogP contribution in [0.1, 0.15) is 86.1 Å². The summed E-state index contributed by atoms with van der Waals surface area (Å²) in [5.74, 6) is 0. The zero-order valence-corrected chi connectivity index (χ0v) is 37.8. The molecule has 0 N–H and O–H groups in total. The first-order chi connectivity index (χ1) is 25.9. The highest BCUT2D eigenvalue weighted by Gasteiger charge is 2.22. The van der Waals surface area contributed by atoms with E-state index in [9.17, 15) is 4.79 Å². The van der Waals surface area contributed by atoms with Gasteiger partial charge in [0, 0.05) is 58.5 Å². The molecule has 274 valence electrons. The molecular formula is C43H42OS9. The van der Waals surface area contributed by atoms with Crippen LogP contribution in [0.3, 0.4) is 0 Å². The summed E-state index contributed by atoms with van der Waals surface area (Å²) in [6.45, 7) is 9.04. The molecule has 0 aliphatic heterocycles. The molecule has 53 heavy (non-hydrogen) atoms. The number of fused-ring (bicyclic) bond motifs is 1. The standard InChI is InChI=1S/C43H42OS9/c1-5-7-9-11-13-27-23-25(3)45-37(27)33-19-15-29(47-33)31-17-21-35(49-31)39-41-42(53-43(44)52-41)40(51-39)36-22-18-32(50-36)30-16-20-34(48-30)38-28(24-26(4)46-38)14-12-10-8-6-2/h15-24H,5-14H2,1-4H3. The number of rotatable bonds is 16. The molecule has 8 heterocycles. The van der Waals surface area contributed by atoms with E-state index in [-0.39, 0.29) is 4.06 Å². The van der Waals surface area contributed by atoms with Gasteiger partial charge in [0.25, 0.3) is 4.06 Å². The Labute approximate surface area is 349 Å². The fourth-order valence-corrected chi connectivity index (χ4v) is 17.6. The molecule has 8 rings (SSSR count). The molecule has 0 fully saturated rings. The van der Waals surface area contributed by atoms with Gasteiger partial charge in [0.1, 0.15) is 0 Å². The highest BCUT2D eigenvalue weighted by molar-refractivity contribution is 7.42. The van der Waals surface area contributed by atoms with E-state index < -0.39 is 0 Å². The molecule has 0 bridgehead atoms. The molecular weight excluding hydrogens is 821 g/mol. The fraction of sp³-hybridized carbons (Fsp3) is 0.326. The first-order valence-corrected chi connectivity index (χ1v) is 25.9. The Morgan fingerprint density at radius 1 is 0.396 bits per heavy atom. The summed E-state index contributed by atoms with van der Waals surface area (Å²) >= 11 is 16.1. The van der Waals surface area contributed by atoms with Crippen LogP contribution in [-0.4, -0.2) is 0 Å². The van der Waals surface area contributed by atoms with Gasteiger partial charge in [-0.3, -0.25) is 4.79 Å². The molecule has 0 amide bonds. The van der Waals surface area contributed by atoms with Crippen molar-refractivity contribution >= 4 is 111 Å². The van der Waals surface area contributed by atoms with Crippen LogP contribution in [0.4, 0.5) is 0 Å². The van der Waals surface area contributed by atoms with Crippen molar-refractivity contribution in [3.63, 3.8) is 0 Å². The maximum absolute atomic E-state index is 12.9. The lowest BCUT2D eigenvalue weighted by molar-refractivity contribution is 0.668. The average molecular weight is 863 g/mol. The predicted octanol–water partition coefficient (Wildman–Crippen LogP) is 17.6. The minimum atomic E-state index is 0.179. The molecule has 0 saturated carbocycles. The van der Waals surface area contributed by atoms with Crippen LogP contribution in [-0.2, 0) is 12.8 Å². The Balaban J connectivity index is 1.04. The molecule has 0 unspecified atom stereocenters. The number of thiophene rings is 7. The van der Waals surface area contributed by atoms with Gasteiger partial charge in [-0.25, -0.2) is 0 Å². The summed E-state index contributed by atoms with van der Waals surface area (Å²) in [7, 11) is 0. The minimum Gasteiger partial charge on any atom is -0.265 e. The van der Waals surface area contributed by atoms with E-state index in [0.717, 1.165) is 9.40 Å². The Bertz CT molecular complexity index is 2340. The van der Waals surface area contributed by atoms with E-state index in [2.05, 4.69) is 88.4 Å². The molecule has 0 spiro atoms. The third-order valence-corrected chi connectivity index (χ3v) is 20.7. The SMILES string of the molecule is CCCCCCc1cc(C)sc1-c1ccc(-c2ccc(-c3sc(-c4ccc(-c5ccc(-c6sc(C)cc6CCCCCC)s5)s4)c4sc(=O)sc34)s2)s1. The average Bonchev–Trinajstić information content (AvgIpc) is 3.97. The van der Waals surface area contributed by atoms with Gasteiger partial charge in [0.15, 0.2) is 0 Å². The second-order valence-electron chi connectivity index (χ2n) is 13.6. The second-order valence-corrected chi connectivity index (χ2v) is 23.7. The summed E-state index contributed by atoms with van der Waals surface area (Å²) < 4.78 is 2.48. The van der Waals surface area contributed by atoms with Gasteiger partial charge in [0.05, 0.1) is 19.2 Å². The minimum absolute atomic E-state index is 0.179. The first-order valence-electron chi connectivity index (χ1n) is 18.5. The topological polar surface area (TPSA) is 17.1 Å². The van der Waals surface area contributed by atoms with Crippen LogP contribution in [0, 0.1) is 13.8 Å². The van der Waals surface area contributed by atoms with Crippen LogP contribution >= 0.6 is 102 Å². The zero-order chi connectivity index (χ0) is 36.5. The van der Waals surface area contributed by atoms with Gasteiger partial charge >= 0.3 is 0 Å². The molecule has 8 aromatic heterocycles.